The number of benzene rings is 1. The summed E-state index contributed by atoms with van der Waals surface area (Å²) in [6, 6.07) is 10.6. The lowest BCUT2D eigenvalue weighted by molar-refractivity contribution is 0.251. The fourth-order valence-corrected chi connectivity index (χ4v) is 1.83. The molecule has 1 aromatic rings. The molecule has 1 aromatic carbocycles. The molecule has 0 aliphatic heterocycles. The molecular formula is C13H19NO. The van der Waals surface area contributed by atoms with E-state index in [1.165, 1.54) is 12.8 Å². The standard InChI is InChI=1S/C13H19NO/c1-2-14-13(11-8-9-11)10-15-12-6-4-3-5-7-12/h3-7,11,13-14H,2,8-10H2,1H3. The van der Waals surface area contributed by atoms with Crippen LogP contribution in [0.5, 0.6) is 5.75 Å². The van der Waals surface area contributed by atoms with Gasteiger partial charge in [0.1, 0.15) is 12.4 Å². The first-order chi connectivity index (χ1) is 7.40. The first-order valence-electron chi connectivity index (χ1n) is 5.81. The summed E-state index contributed by atoms with van der Waals surface area (Å²) in [6.45, 7) is 3.97. The van der Waals surface area contributed by atoms with Crippen molar-refractivity contribution in [2.45, 2.75) is 25.8 Å². The Morgan fingerprint density at radius 2 is 2.07 bits per heavy atom. The second-order valence-corrected chi connectivity index (χ2v) is 4.13. The van der Waals surface area contributed by atoms with Crippen LogP contribution in [0.4, 0.5) is 0 Å². The summed E-state index contributed by atoms with van der Waals surface area (Å²) in [5, 5.41) is 3.49. The zero-order valence-corrected chi connectivity index (χ0v) is 9.28. The Hall–Kier alpha value is -1.02. The molecule has 0 spiro atoms. The molecule has 0 heterocycles. The van der Waals surface area contributed by atoms with Crippen LogP contribution in [0, 0.1) is 5.92 Å². The van der Waals surface area contributed by atoms with E-state index in [1.54, 1.807) is 0 Å². The Kier molecular flexibility index (Phi) is 3.62. The Morgan fingerprint density at radius 3 is 2.67 bits per heavy atom. The van der Waals surface area contributed by atoms with Crippen LogP contribution in [0.2, 0.25) is 0 Å². The van der Waals surface area contributed by atoms with Gasteiger partial charge in [-0.1, -0.05) is 25.1 Å². The minimum absolute atomic E-state index is 0.537. The van der Waals surface area contributed by atoms with E-state index in [9.17, 15) is 0 Å². The van der Waals surface area contributed by atoms with Gasteiger partial charge in [0.2, 0.25) is 0 Å². The summed E-state index contributed by atoms with van der Waals surface area (Å²) in [7, 11) is 0. The molecule has 15 heavy (non-hydrogen) atoms. The number of rotatable bonds is 6. The normalized spacial score (nSPS) is 17.4. The highest BCUT2D eigenvalue weighted by atomic mass is 16.5. The maximum atomic E-state index is 5.76. The monoisotopic (exact) mass is 205 g/mol. The third-order valence-corrected chi connectivity index (χ3v) is 2.83. The van der Waals surface area contributed by atoms with Crippen LogP contribution in [0.25, 0.3) is 0 Å². The lowest BCUT2D eigenvalue weighted by Crippen LogP contribution is -2.36. The van der Waals surface area contributed by atoms with Gasteiger partial charge in [0.05, 0.1) is 0 Å². The van der Waals surface area contributed by atoms with E-state index >= 15 is 0 Å². The number of para-hydroxylation sites is 1. The maximum absolute atomic E-state index is 5.76. The average molecular weight is 205 g/mol. The van der Waals surface area contributed by atoms with Crippen LogP contribution in [0.15, 0.2) is 30.3 Å². The van der Waals surface area contributed by atoms with E-state index in [-0.39, 0.29) is 0 Å². The summed E-state index contributed by atoms with van der Waals surface area (Å²) in [6.07, 6.45) is 2.71. The van der Waals surface area contributed by atoms with E-state index in [4.69, 9.17) is 4.74 Å². The SMILES string of the molecule is CCNC(COc1ccccc1)C1CC1. The molecule has 1 fully saturated rings. The van der Waals surface area contributed by atoms with Crippen molar-refractivity contribution in [3.8, 4) is 5.75 Å². The van der Waals surface area contributed by atoms with Gasteiger partial charge in [-0.25, -0.2) is 0 Å². The largest absolute Gasteiger partial charge is 0.492 e. The lowest BCUT2D eigenvalue weighted by atomic mass is 10.2. The summed E-state index contributed by atoms with van der Waals surface area (Å²) in [5.74, 6) is 1.81. The fourth-order valence-electron chi connectivity index (χ4n) is 1.83. The molecule has 0 saturated heterocycles. The van der Waals surface area contributed by atoms with Gasteiger partial charge >= 0.3 is 0 Å². The second-order valence-electron chi connectivity index (χ2n) is 4.13. The number of hydrogen-bond donors (Lipinski definition) is 1. The predicted molar refractivity (Wildman–Crippen MR) is 62.1 cm³/mol. The molecule has 2 nitrogen and oxygen atoms in total. The Bertz CT molecular complexity index is 282. The van der Waals surface area contributed by atoms with Gasteiger partial charge in [-0.3, -0.25) is 0 Å². The molecule has 0 amide bonds. The topological polar surface area (TPSA) is 21.3 Å². The lowest BCUT2D eigenvalue weighted by Gasteiger charge is -2.17. The van der Waals surface area contributed by atoms with Gasteiger partial charge in [-0.05, 0) is 37.4 Å². The van der Waals surface area contributed by atoms with E-state index in [0.717, 1.165) is 24.8 Å². The van der Waals surface area contributed by atoms with Gasteiger partial charge in [-0.2, -0.15) is 0 Å². The molecule has 0 aromatic heterocycles. The second kappa shape index (κ2) is 5.17. The Labute approximate surface area is 91.6 Å². The Morgan fingerprint density at radius 1 is 1.33 bits per heavy atom. The number of likely N-dealkylation sites (N-methyl/N-ethyl adjacent to an activating group) is 1. The van der Waals surface area contributed by atoms with Crippen molar-refractivity contribution < 1.29 is 4.74 Å². The molecule has 0 bridgehead atoms. The summed E-state index contributed by atoms with van der Waals surface area (Å²) >= 11 is 0. The molecule has 1 atom stereocenters. The summed E-state index contributed by atoms with van der Waals surface area (Å²) < 4.78 is 5.76. The van der Waals surface area contributed by atoms with Gasteiger partial charge < -0.3 is 10.1 Å². The molecule has 1 aliphatic carbocycles. The molecule has 2 heteroatoms. The molecule has 1 N–H and O–H groups in total. The molecule has 1 aliphatic rings. The van der Waals surface area contributed by atoms with Crippen molar-refractivity contribution in [2.24, 2.45) is 5.92 Å². The van der Waals surface area contributed by atoms with Crippen LogP contribution >= 0.6 is 0 Å². The zero-order valence-electron chi connectivity index (χ0n) is 9.28. The zero-order chi connectivity index (χ0) is 10.5. The fraction of sp³-hybridized carbons (Fsp3) is 0.538. The third kappa shape index (κ3) is 3.24. The van der Waals surface area contributed by atoms with E-state index < -0.39 is 0 Å². The summed E-state index contributed by atoms with van der Waals surface area (Å²) in [5.41, 5.74) is 0. The van der Waals surface area contributed by atoms with Crippen molar-refractivity contribution in [2.75, 3.05) is 13.2 Å². The first-order valence-corrected chi connectivity index (χ1v) is 5.81. The first kappa shape index (κ1) is 10.5. The van der Waals surface area contributed by atoms with Crippen LogP contribution in [0.3, 0.4) is 0 Å². The highest BCUT2D eigenvalue weighted by Gasteiger charge is 2.30. The molecular weight excluding hydrogens is 186 g/mol. The highest BCUT2D eigenvalue weighted by molar-refractivity contribution is 5.21. The smallest absolute Gasteiger partial charge is 0.119 e. The number of hydrogen-bond acceptors (Lipinski definition) is 2. The average Bonchev–Trinajstić information content (AvgIpc) is 3.09. The molecule has 1 saturated carbocycles. The van der Waals surface area contributed by atoms with Crippen molar-refractivity contribution in [1.82, 2.24) is 5.32 Å². The van der Waals surface area contributed by atoms with Gasteiger partial charge in [-0.15, -0.1) is 0 Å². The van der Waals surface area contributed by atoms with Crippen LogP contribution < -0.4 is 10.1 Å². The molecule has 82 valence electrons. The van der Waals surface area contributed by atoms with Crippen molar-refractivity contribution in [3.63, 3.8) is 0 Å². The van der Waals surface area contributed by atoms with Gasteiger partial charge in [0.25, 0.3) is 0 Å². The molecule has 1 unspecified atom stereocenters. The third-order valence-electron chi connectivity index (χ3n) is 2.83. The predicted octanol–water partition coefficient (Wildman–Crippen LogP) is 2.45. The van der Waals surface area contributed by atoms with Gasteiger partial charge in [0.15, 0.2) is 0 Å². The van der Waals surface area contributed by atoms with E-state index in [1.807, 2.05) is 30.3 Å². The van der Waals surface area contributed by atoms with Gasteiger partial charge in [0, 0.05) is 6.04 Å². The minimum atomic E-state index is 0.537. The number of ether oxygens (including phenoxy) is 1. The van der Waals surface area contributed by atoms with Crippen molar-refractivity contribution in [3.05, 3.63) is 30.3 Å². The quantitative estimate of drug-likeness (QED) is 0.770. The number of nitrogens with one attached hydrogen (secondary N) is 1. The Balaban J connectivity index is 1.80. The van der Waals surface area contributed by atoms with Crippen LogP contribution in [-0.2, 0) is 0 Å². The van der Waals surface area contributed by atoms with E-state index in [0.29, 0.717) is 6.04 Å². The summed E-state index contributed by atoms with van der Waals surface area (Å²) in [4.78, 5) is 0. The van der Waals surface area contributed by atoms with Crippen LogP contribution in [0.1, 0.15) is 19.8 Å². The minimum Gasteiger partial charge on any atom is -0.492 e. The van der Waals surface area contributed by atoms with Crippen LogP contribution in [-0.4, -0.2) is 19.2 Å². The van der Waals surface area contributed by atoms with Crippen molar-refractivity contribution in [1.29, 1.82) is 0 Å². The highest BCUT2D eigenvalue weighted by Crippen LogP contribution is 2.32. The van der Waals surface area contributed by atoms with E-state index in [2.05, 4.69) is 12.2 Å². The van der Waals surface area contributed by atoms with Crippen molar-refractivity contribution >= 4 is 0 Å². The molecule has 0 radical (unpaired) electrons. The maximum Gasteiger partial charge on any atom is 0.119 e. The molecule has 2 rings (SSSR count).